The van der Waals surface area contributed by atoms with Crippen LogP contribution in [0.5, 0.6) is 0 Å². The minimum absolute atomic E-state index is 0.0212. The predicted octanol–water partition coefficient (Wildman–Crippen LogP) is 3.80. The molecule has 1 saturated carbocycles. The van der Waals surface area contributed by atoms with Crippen molar-refractivity contribution in [1.29, 1.82) is 0 Å². The lowest BCUT2D eigenvalue weighted by Crippen LogP contribution is -2.43. The Morgan fingerprint density at radius 1 is 1.13 bits per heavy atom. The van der Waals surface area contributed by atoms with E-state index in [1.54, 1.807) is 24.5 Å². The number of rotatable bonds is 9. The van der Waals surface area contributed by atoms with Crippen molar-refractivity contribution in [3.05, 3.63) is 77.2 Å². The molecule has 0 atom stereocenters. The maximum atomic E-state index is 14.1. The SMILES string of the molecule is CC(=O)c1nn(CC(=O)N(CC(=O)NCc2cccc(Cl)c2F)C2CC2)c2ccc(-c3cncnc3)cc12. The fourth-order valence-corrected chi connectivity index (χ4v) is 4.50. The van der Waals surface area contributed by atoms with Crippen molar-refractivity contribution in [1.82, 2.24) is 30.0 Å². The molecule has 0 radical (unpaired) electrons. The second-order valence-electron chi connectivity index (χ2n) is 9.16. The minimum atomic E-state index is -0.584. The van der Waals surface area contributed by atoms with Gasteiger partial charge in [-0.15, -0.1) is 0 Å². The van der Waals surface area contributed by atoms with Gasteiger partial charge in [-0.05, 0) is 36.6 Å². The number of ketones is 1. The number of Topliss-reactive ketones (excluding diaryl/α,β-unsaturated/α-hetero) is 1. The maximum Gasteiger partial charge on any atom is 0.245 e. The molecule has 11 heteroatoms. The molecule has 1 N–H and O–H groups in total. The summed E-state index contributed by atoms with van der Waals surface area (Å²) in [6.45, 7) is 1.08. The largest absolute Gasteiger partial charge is 0.350 e. The second-order valence-corrected chi connectivity index (χ2v) is 9.57. The number of aromatic nitrogens is 4. The van der Waals surface area contributed by atoms with Gasteiger partial charge in [-0.3, -0.25) is 19.1 Å². The average molecular weight is 535 g/mol. The Morgan fingerprint density at radius 2 is 1.89 bits per heavy atom. The Balaban J connectivity index is 1.33. The highest BCUT2D eigenvalue weighted by Crippen LogP contribution is 2.29. The van der Waals surface area contributed by atoms with Crippen LogP contribution in [0.1, 0.15) is 35.8 Å². The first-order chi connectivity index (χ1) is 18.3. The standard InChI is InChI=1S/C27H24ClFN6O3/c1-16(36)27-21-9-17(19-10-30-15-31-11-19)5-8-23(21)35(33-27)14-25(38)34(20-6-7-20)13-24(37)32-12-18-3-2-4-22(28)26(18)29/h2-5,8-11,15,20H,6-7,12-14H2,1H3,(H,32,37). The molecular weight excluding hydrogens is 511 g/mol. The summed E-state index contributed by atoms with van der Waals surface area (Å²) in [5.41, 5.74) is 2.75. The lowest BCUT2D eigenvalue weighted by atomic mass is 10.0. The van der Waals surface area contributed by atoms with Gasteiger partial charge in [0.15, 0.2) is 5.78 Å². The molecule has 0 unspecified atom stereocenters. The Bertz CT molecular complexity index is 1540. The molecule has 4 aromatic rings. The quantitative estimate of drug-likeness (QED) is 0.327. The minimum Gasteiger partial charge on any atom is -0.350 e. The third kappa shape index (κ3) is 5.40. The van der Waals surface area contributed by atoms with E-state index in [9.17, 15) is 18.8 Å². The van der Waals surface area contributed by atoms with Crippen LogP contribution in [0.25, 0.3) is 22.0 Å². The molecule has 1 fully saturated rings. The normalized spacial score (nSPS) is 12.9. The van der Waals surface area contributed by atoms with Crippen LogP contribution < -0.4 is 5.32 Å². The highest BCUT2D eigenvalue weighted by Gasteiger charge is 2.34. The molecule has 1 aliphatic rings. The van der Waals surface area contributed by atoms with E-state index < -0.39 is 11.7 Å². The van der Waals surface area contributed by atoms with Crippen LogP contribution in [0, 0.1) is 5.82 Å². The summed E-state index contributed by atoms with van der Waals surface area (Å²) in [7, 11) is 0. The average Bonchev–Trinajstić information content (AvgIpc) is 3.69. The van der Waals surface area contributed by atoms with Crippen LogP contribution in [0.15, 0.2) is 55.1 Å². The highest BCUT2D eigenvalue weighted by atomic mass is 35.5. The Kier molecular flexibility index (Phi) is 7.15. The van der Waals surface area contributed by atoms with Crippen LogP contribution in [-0.2, 0) is 22.7 Å². The van der Waals surface area contributed by atoms with E-state index in [-0.39, 0.29) is 53.6 Å². The van der Waals surface area contributed by atoms with Gasteiger partial charge in [-0.25, -0.2) is 14.4 Å². The molecule has 0 aliphatic heterocycles. The molecule has 194 valence electrons. The number of nitrogens with one attached hydrogen (secondary N) is 1. The van der Waals surface area contributed by atoms with Gasteiger partial charge in [0.05, 0.1) is 17.1 Å². The van der Waals surface area contributed by atoms with Crippen molar-refractivity contribution in [2.24, 2.45) is 0 Å². The summed E-state index contributed by atoms with van der Waals surface area (Å²) in [4.78, 5) is 47.9. The molecule has 38 heavy (non-hydrogen) atoms. The summed E-state index contributed by atoms with van der Waals surface area (Å²) in [6.07, 6.45) is 6.38. The fraction of sp³-hybridized carbons (Fsp3) is 0.259. The monoisotopic (exact) mass is 534 g/mol. The van der Waals surface area contributed by atoms with E-state index in [0.29, 0.717) is 10.9 Å². The first-order valence-corrected chi connectivity index (χ1v) is 12.5. The molecular formula is C27H24ClFN6O3. The molecule has 5 rings (SSSR count). The van der Waals surface area contributed by atoms with Crippen LogP contribution in [0.2, 0.25) is 5.02 Å². The summed E-state index contributed by atoms with van der Waals surface area (Å²) in [5, 5.41) is 7.69. The first-order valence-electron chi connectivity index (χ1n) is 12.1. The Labute approximate surface area is 222 Å². The van der Waals surface area contributed by atoms with E-state index in [4.69, 9.17) is 11.6 Å². The molecule has 0 bridgehead atoms. The number of nitrogens with zero attached hydrogens (tertiary/aromatic N) is 5. The Morgan fingerprint density at radius 3 is 2.61 bits per heavy atom. The van der Waals surface area contributed by atoms with E-state index >= 15 is 0 Å². The van der Waals surface area contributed by atoms with Gasteiger partial charge in [0.25, 0.3) is 0 Å². The molecule has 2 aromatic heterocycles. The van der Waals surface area contributed by atoms with Gasteiger partial charge in [-0.2, -0.15) is 5.10 Å². The van der Waals surface area contributed by atoms with E-state index in [2.05, 4.69) is 20.4 Å². The third-order valence-electron chi connectivity index (χ3n) is 6.39. The van der Waals surface area contributed by atoms with Crippen LogP contribution in [0.3, 0.4) is 0 Å². The van der Waals surface area contributed by atoms with Crippen LogP contribution >= 0.6 is 11.6 Å². The lowest BCUT2D eigenvalue weighted by molar-refractivity contribution is -0.137. The number of fused-ring (bicyclic) bond motifs is 1. The number of hydrogen-bond donors (Lipinski definition) is 1. The van der Waals surface area contributed by atoms with Crippen molar-refractivity contribution >= 4 is 40.1 Å². The first kappa shape index (κ1) is 25.5. The summed E-state index contributed by atoms with van der Waals surface area (Å²) in [5.74, 6) is -1.51. The van der Waals surface area contributed by atoms with Gasteiger partial charge in [0.2, 0.25) is 11.8 Å². The van der Waals surface area contributed by atoms with Crippen molar-refractivity contribution in [3.8, 4) is 11.1 Å². The molecule has 9 nitrogen and oxygen atoms in total. The van der Waals surface area contributed by atoms with Gasteiger partial charge in [0.1, 0.15) is 24.4 Å². The van der Waals surface area contributed by atoms with Gasteiger partial charge < -0.3 is 10.2 Å². The highest BCUT2D eigenvalue weighted by molar-refractivity contribution is 6.30. The smallest absolute Gasteiger partial charge is 0.245 e. The predicted molar refractivity (Wildman–Crippen MR) is 139 cm³/mol. The summed E-state index contributed by atoms with van der Waals surface area (Å²) < 4.78 is 15.6. The molecule has 2 heterocycles. The topological polar surface area (TPSA) is 110 Å². The number of amides is 2. The molecule has 0 spiro atoms. The van der Waals surface area contributed by atoms with Gasteiger partial charge in [0, 0.05) is 48.4 Å². The lowest BCUT2D eigenvalue weighted by Gasteiger charge is -2.22. The van der Waals surface area contributed by atoms with Crippen LogP contribution in [-0.4, -0.2) is 54.8 Å². The number of halogens is 2. The molecule has 2 amide bonds. The molecule has 2 aromatic carbocycles. The second kappa shape index (κ2) is 10.7. The summed E-state index contributed by atoms with van der Waals surface area (Å²) in [6, 6.07) is 10.0. The number of carbonyl (C=O) groups is 3. The maximum absolute atomic E-state index is 14.1. The van der Waals surface area contributed by atoms with E-state index in [1.807, 2.05) is 12.1 Å². The van der Waals surface area contributed by atoms with Crippen molar-refractivity contribution < 1.29 is 18.8 Å². The molecule has 1 aliphatic carbocycles. The Hall–Kier alpha value is -4.18. The fourth-order valence-electron chi connectivity index (χ4n) is 4.30. The number of hydrogen-bond acceptors (Lipinski definition) is 6. The van der Waals surface area contributed by atoms with E-state index in [1.165, 1.54) is 35.0 Å². The summed E-state index contributed by atoms with van der Waals surface area (Å²) >= 11 is 5.81. The van der Waals surface area contributed by atoms with E-state index in [0.717, 1.165) is 24.0 Å². The van der Waals surface area contributed by atoms with Gasteiger partial charge >= 0.3 is 0 Å². The van der Waals surface area contributed by atoms with Crippen LogP contribution in [0.4, 0.5) is 4.39 Å². The van der Waals surface area contributed by atoms with Crippen molar-refractivity contribution in [2.45, 2.75) is 38.9 Å². The van der Waals surface area contributed by atoms with Crippen molar-refractivity contribution in [3.63, 3.8) is 0 Å². The number of carbonyl (C=O) groups excluding carboxylic acids is 3. The molecule has 0 saturated heterocycles. The zero-order valence-corrected chi connectivity index (χ0v) is 21.3. The zero-order chi connectivity index (χ0) is 26.8. The van der Waals surface area contributed by atoms with Crippen molar-refractivity contribution in [2.75, 3.05) is 6.54 Å². The van der Waals surface area contributed by atoms with Gasteiger partial charge in [-0.1, -0.05) is 29.8 Å². The number of benzene rings is 2. The zero-order valence-electron chi connectivity index (χ0n) is 20.5. The third-order valence-corrected chi connectivity index (χ3v) is 6.68.